The molecule has 0 aromatic heterocycles. The van der Waals surface area contributed by atoms with Gasteiger partial charge in [0.05, 0.1) is 17.8 Å². The molecule has 0 N–H and O–H groups in total. The predicted molar refractivity (Wildman–Crippen MR) is 191 cm³/mol. The van der Waals surface area contributed by atoms with Crippen molar-refractivity contribution in [3.8, 4) is 0 Å². The molecule has 0 aliphatic heterocycles. The van der Waals surface area contributed by atoms with Crippen LogP contribution < -0.4 is 0 Å². The SMILES string of the molecule is C[C@H](CCCC=CC=C1C[C@@H](O[Si](C)(C)C(C)(C)C)C[C@H](O[Si](C)(C)C(C)(C)C)C1)CCCC(C)(C)O[Si](C)(C)C. The second-order valence-electron chi connectivity index (χ2n) is 17.8. The van der Waals surface area contributed by atoms with Crippen LogP contribution in [-0.2, 0) is 13.3 Å². The minimum Gasteiger partial charge on any atom is -0.414 e. The standard InChI is InChI=1S/C35H72O3Si3/c1-29(23-21-25-35(8,9)38-39(10,11)12)22-19-17-18-20-24-30-26-31(36-40(13,14)33(2,3)4)28-32(27-30)37-41(15,16)34(5,6)7/h18,20,24,29,31-32H,17,19,21-23,25-28H2,1-16H3/t29-,31-,32-/m1/s1. The third-order valence-electron chi connectivity index (χ3n) is 9.63. The molecule has 0 heterocycles. The lowest BCUT2D eigenvalue weighted by Gasteiger charge is -2.45. The van der Waals surface area contributed by atoms with Crippen LogP contribution in [0.4, 0.5) is 0 Å². The van der Waals surface area contributed by atoms with Gasteiger partial charge in [0.1, 0.15) is 0 Å². The summed E-state index contributed by atoms with van der Waals surface area (Å²) in [4.78, 5) is 0. The summed E-state index contributed by atoms with van der Waals surface area (Å²) in [7, 11) is -5.15. The molecule has 41 heavy (non-hydrogen) atoms. The van der Waals surface area contributed by atoms with Gasteiger partial charge in [-0.15, -0.1) is 0 Å². The van der Waals surface area contributed by atoms with E-state index in [-0.39, 0.29) is 27.9 Å². The average molecular weight is 625 g/mol. The highest BCUT2D eigenvalue weighted by molar-refractivity contribution is 6.74. The molecule has 0 aromatic rings. The molecule has 0 bridgehead atoms. The van der Waals surface area contributed by atoms with Crippen molar-refractivity contribution in [1.82, 2.24) is 0 Å². The van der Waals surface area contributed by atoms with Gasteiger partial charge in [0.25, 0.3) is 0 Å². The van der Waals surface area contributed by atoms with Crippen molar-refractivity contribution in [3.63, 3.8) is 0 Å². The summed E-state index contributed by atoms with van der Waals surface area (Å²) in [6, 6.07) is 0. The molecule has 6 heteroatoms. The van der Waals surface area contributed by atoms with Gasteiger partial charge in [-0.1, -0.05) is 91.5 Å². The van der Waals surface area contributed by atoms with Crippen LogP contribution in [0.3, 0.4) is 0 Å². The van der Waals surface area contributed by atoms with Crippen LogP contribution in [0.5, 0.6) is 0 Å². The maximum Gasteiger partial charge on any atom is 0.192 e. The highest BCUT2D eigenvalue weighted by atomic mass is 28.4. The van der Waals surface area contributed by atoms with Gasteiger partial charge in [-0.05, 0) is 114 Å². The molecule has 1 saturated carbocycles. The lowest BCUT2D eigenvalue weighted by Crippen LogP contribution is -2.48. The minimum atomic E-state index is -1.83. The molecule has 0 aromatic carbocycles. The van der Waals surface area contributed by atoms with Crippen molar-refractivity contribution in [3.05, 3.63) is 23.8 Å². The van der Waals surface area contributed by atoms with Crippen LogP contribution in [0.25, 0.3) is 0 Å². The Morgan fingerprint density at radius 1 is 0.756 bits per heavy atom. The topological polar surface area (TPSA) is 27.7 Å². The van der Waals surface area contributed by atoms with Crippen LogP contribution in [0.15, 0.2) is 23.8 Å². The first-order chi connectivity index (χ1) is 18.3. The van der Waals surface area contributed by atoms with Crippen LogP contribution in [0.1, 0.15) is 120 Å². The van der Waals surface area contributed by atoms with Crippen molar-refractivity contribution in [1.29, 1.82) is 0 Å². The Morgan fingerprint density at radius 3 is 1.66 bits per heavy atom. The molecule has 0 radical (unpaired) electrons. The van der Waals surface area contributed by atoms with Crippen molar-refractivity contribution in [2.75, 3.05) is 0 Å². The van der Waals surface area contributed by atoms with Gasteiger partial charge in [0.2, 0.25) is 0 Å². The fraction of sp³-hybridized carbons (Fsp3) is 0.886. The fourth-order valence-electron chi connectivity index (χ4n) is 5.42. The lowest BCUT2D eigenvalue weighted by molar-refractivity contribution is 0.0725. The molecule has 242 valence electrons. The smallest absolute Gasteiger partial charge is 0.192 e. The van der Waals surface area contributed by atoms with E-state index < -0.39 is 25.0 Å². The van der Waals surface area contributed by atoms with E-state index in [0.29, 0.717) is 0 Å². The van der Waals surface area contributed by atoms with Gasteiger partial charge in [0.15, 0.2) is 25.0 Å². The third-order valence-corrected chi connectivity index (χ3v) is 19.9. The molecule has 1 fully saturated rings. The van der Waals surface area contributed by atoms with Gasteiger partial charge in [-0.25, -0.2) is 0 Å². The number of hydrogen-bond donors (Lipinski definition) is 0. The van der Waals surface area contributed by atoms with Crippen molar-refractivity contribution < 1.29 is 13.3 Å². The quantitative estimate of drug-likeness (QED) is 0.134. The highest BCUT2D eigenvalue weighted by Gasteiger charge is 2.43. The number of rotatable bonds is 15. The summed E-state index contributed by atoms with van der Waals surface area (Å²) >= 11 is 0. The Hall–Kier alpha value is 0.0106. The van der Waals surface area contributed by atoms with Crippen LogP contribution >= 0.6 is 0 Å². The van der Waals surface area contributed by atoms with E-state index in [1.807, 2.05) is 0 Å². The van der Waals surface area contributed by atoms with E-state index in [4.69, 9.17) is 13.3 Å². The zero-order chi connectivity index (χ0) is 31.9. The van der Waals surface area contributed by atoms with Crippen molar-refractivity contribution in [2.45, 2.75) is 194 Å². The monoisotopic (exact) mass is 624 g/mol. The molecule has 1 aliphatic carbocycles. The summed E-state index contributed by atoms with van der Waals surface area (Å²) < 4.78 is 20.3. The van der Waals surface area contributed by atoms with Crippen LogP contribution in [0.2, 0.25) is 55.9 Å². The molecule has 0 unspecified atom stereocenters. The Balaban J connectivity index is 2.69. The van der Waals surface area contributed by atoms with Crippen molar-refractivity contribution in [2.24, 2.45) is 5.92 Å². The lowest BCUT2D eigenvalue weighted by atomic mass is 9.90. The normalized spacial score (nSPS) is 21.0. The maximum atomic E-state index is 6.96. The second kappa shape index (κ2) is 15.3. The molecular formula is C35H72O3Si3. The fourth-order valence-corrected chi connectivity index (χ4v) is 9.91. The molecule has 1 aliphatic rings. The van der Waals surface area contributed by atoms with Gasteiger partial charge >= 0.3 is 0 Å². The van der Waals surface area contributed by atoms with Gasteiger partial charge in [0, 0.05) is 0 Å². The Kier molecular flexibility index (Phi) is 14.6. The summed E-state index contributed by atoms with van der Waals surface area (Å²) in [6.45, 7) is 37.4. The highest BCUT2D eigenvalue weighted by Crippen LogP contribution is 2.43. The Morgan fingerprint density at radius 2 is 1.22 bits per heavy atom. The van der Waals surface area contributed by atoms with Gasteiger partial charge < -0.3 is 13.3 Å². The average Bonchev–Trinajstić information content (AvgIpc) is 2.71. The van der Waals surface area contributed by atoms with E-state index in [1.54, 1.807) is 0 Å². The van der Waals surface area contributed by atoms with Gasteiger partial charge in [-0.3, -0.25) is 0 Å². The molecule has 1 rings (SSSR count). The molecule has 0 saturated heterocycles. The molecule has 3 atom stereocenters. The van der Waals surface area contributed by atoms with E-state index in [2.05, 4.69) is 126 Å². The first-order valence-electron chi connectivity index (χ1n) is 16.7. The van der Waals surface area contributed by atoms with Crippen LogP contribution in [0, 0.1) is 5.92 Å². The first-order valence-corrected chi connectivity index (χ1v) is 26.0. The number of unbranched alkanes of at least 4 members (excludes halogenated alkanes) is 1. The molecule has 0 amide bonds. The molecule has 0 spiro atoms. The summed E-state index contributed by atoms with van der Waals surface area (Å²) in [6.07, 6.45) is 18.2. The number of hydrogen-bond acceptors (Lipinski definition) is 3. The van der Waals surface area contributed by atoms with Crippen LogP contribution in [-0.4, -0.2) is 42.8 Å². The zero-order valence-corrected chi connectivity index (χ0v) is 33.6. The van der Waals surface area contributed by atoms with Gasteiger partial charge in [-0.2, -0.15) is 0 Å². The van der Waals surface area contributed by atoms with E-state index in [9.17, 15) is 0 Å². The summed E-state index contributed by atoms with van der Waals surface area (Å²) in [5, 5.41) is 0.443. The first kappa shape index (κ1) is 39.0. The Bertz CT molecular complexity index is 800. The number of allylic oxidation sites excluding steroid dienone is 3. The largest absolute Gasteiger partial charge is 0.414 e. The Labute approximate surface area is 261 Å². The summed E-state index contributed by atoms with van der Waals surface area (Å²) in [5.74, 6) is 0.782. The predicted octanol–water partition coefficient (Wildman–Crippen LogP) is 12.0. The second-order valence-corrected chi connectivity index (χ2v) is 31.7. The maximum absolute atomic E-state index is 6.96. The molecular weight excluding hydrogens is 553 g/mol. The van der Waals surface area contributed by atoms with Crippen molar-refractivity contribution >= 4 is 25.0 Å². The van der Waals surface area contributed by atoms with E-state index >= 15 is 0 Å². The van der Waals surface area contributed by atoms with E-state index in [1.165, 1.54) is 31.3 Å². The van der Waals surface area contributed by atoms with E-state index in [0.717, 1.165) is 38.0 Å². The molecule has 3 nitrogen and oxygen atoms in total. The minimum absolute atomic E-state index is 0.0169. The zero-order valence-electron chi connectivity index (χ0n) is 30.6. The third kappa shape index (κ3) is 15.0. The summed E-state index contributed by atoms with van der Waals surface area (Å²) in [5.41, 5.74) is 1.51.